The second-order valence-corrected chi connectivity index (χ2v) is 6.50. The number of rotatable bonds is 7. The molecule has 0 radical (unpaired) electrons. The number of ether oxygens (including phenoxy) is 1. The van der Waals surface area contributed by atoms with Gasteiger partial charge in [0.25, 0.3) is 5.56 Å². The van der Waals surface area contributed by atoms with Gasteiger partial charge < -0.3 is 9.64 Å². The number of carbonyl (C=O) groups is 1. The van der Waals surface area contributed by atoms with Crippen LogP contribution in [0.3, 0.4) is 0 Å². The number of hydrogen-bond acceptors (Lipinski definition) is 4. The van der Waals surface area contributed by atoms with Crippen LogP contribution < -0.4 is 16.0 Å². The number of amides is 1. The summed E-state index contributed by atoms with van der Waals surface area (Å²) in [5, 5.41) is 0.428. The van der Waals surface area contributed by atoms with E-state index in [-0.39, 0.29) is 18.9 Å². The van der Waals surface area contributed by atoms with Gasteiger partial charge in [-0.2, -0.15) is 0 Å². The Morgan fingerprint density at radius 3 is 2.54 bits per heavy atom. The van der Waals surface area contributed by atoms with Gasteiger partial charge in [0, 0.05) is 26.6 Å². The largest absolute Gasteiger partial charge is 0.494 e. The normalized spacial score (nSPS) is 10.8. The predicted molar refractivity (Wildman–Crippen MR) is 108 cm³/mol. The van der Waals surface area contributed by atoms with E-state index in [1.807, 2.05) is 31.2 Å². The van der Waals surface area contributed by atoms with Crippen LogP contribution in [0.1, 0.15) is 18.9 Å². The fourth-order valence-corrected chi connectivity index (χ4v) is 3.08. The molecule has 1 heterocycles. The molecule has 3 aromatic rings. The number of aryl methyl sites for hydroxylation is 1. The third kappa shape index (κ3) is 4.31. The smallest absolute Gasteiger partial charge is 0.328 e. The molecule has 7 heteroatoms. The zero-order chi connectivity index (χ0) is 20.1. The Bertz CT molecular complexity index is 1080. The van der Waals surface area contributed by atoms with Gasteiger partial charge in [-0.05, 0) is 36.8 Å². The topological polar surface area (TPSA) is 84.4 Å². The fourth-order valence-electron chi connectivity index (χ4n) is 3.08. The highest BCUT2D eigenvalue weighted by molar-refractivity contribution is 5.78. The maximum atomic E-state index is 12.5. The van der Waals surface area contributed by atoms with Gasteiger partial charge in [0.05, 0.1) is 17.5 Å². The first-order valence-corrected chi connectivity index (χ1v) is 9.17. The van der Waals surface area contributed by atoms with Crippen molar-refractivity contribution in [2.24, 2.45) is 0 Å². The van der Waals surface area contributed by atoms with Crippen molar-refractivity contribution < 1.29 is 9.53 Å². The summed E-state index contributed by atoms with van der Waals surface area (Å²) in [5.41, 5.74) is 0.589. The molecule has 0 fully saturated rings. The van der Waals surface area contributed by atoms with Gasteiger partial charge in [0.1, 0.15) is 5.75 Å². The Kier molecular flexibility index (Phi) is 5.93. The molecule has 0 saturated heterocycles. The first-order valence-electron chi connectivity index (χ1n) is 9.17. The van der Waals surface area contributed by atoms with Crippen LogP contribution in [0.5, 0.6) is 5.75 Å². The Morgan fingerprint density at radius 2 is 1.82 bits per heavy atom. The average molecular weight is 381 g/mol. The molecule has 0 aliphatic carbocycles. The average Bonchev–Trinajstić information content (AvgIpc) is 2.69. The Morgan fingerprint density at radius 1 is 1.11 bits per heavy atom. The number of fused-ring (bicyclic) bond motifs is 1. The molecule has 7 nitrogen and oxygen atoms in total. The van der Waals surface area contributed by atoms with Crippen LogP contribution in [0, 0.1) is 0 Å². The van der Waals surface area contributed by atoms with Gasteiger partial charge in [-0.3, -0.25) is 19.1 Å². The SMILES string of the molecule is CCOc1ccc(CN(C)C(=O)CCn2c(=O)[nH]c(=O)c3ccccc32)cc1. The van der Waals surface area contributed by atoms with Crippen LogP contribution in [0.2, 0.25) is 0 Å². The lowest BCUT2D eigenvalue weighted by atomic mass is 10.2. The summed E-state index contributed by atoms with van der Waals surface area (Å²) < 4.78 is 6.85. The molecule has 1 amide bonds. The van der Waals surface area contributed by atoms with Crippen LogP contribution in [0.25, 0.3) is 10.9 Å². The molecule has 0 aliphatic rings. The van der Waals surface area contributed by atoms with Crippen LogP contribution in [0.15, 0.2) is 58.1 Å². The Hall–Kier alpha value is -3.35. The maximum absolute atomic E-state index is 12.5. The van der Waals surface area contributed by atoms with Crippen molar-refractivity contribution in [3.8, 4) is 5.75 Å². The van der Waals surface area contributed by atoms with Gasteiger partial charge in [0.15, 0.2) is 0 Å². The standard InChI is InChI=1S/C21H23N3O4/c1-3-28-16-10-8-15(9-11-16)14-23(2)19(25)12-13-24-18-7-5-4-6-17(18)20(26)22-21(24)27/h4-11H,3,12-14H2,1-2H3,(H,22,26,27). The number of carbonyl (C=O) groups excluding carboxylic acids is 1. The number of hydrogen-bond donors (Lipinski definition) is 1. The van der Waals surface area contributed by atoms with E-state index in [2.05, 4.69) is 4.98 Å². The molecule has 0 saturated carbocycles. The van der Waals surface area contributed by atoms with E-state index < -0.39 is 11.2 Å². The molecular weight excluding hydrogens is 358 g/mol. The molecule has 1 N–H and O–H groups in total. The number of benzene rings is 2. The zero-order valence-electron chi connectivity index (χ0n) is 16.0. The minimum atomic E-state index is -0.509. The van der Waals surface area contributed by atoms with Gasteiger partial charge in [-0.25, -0.2) is 4.79 Å². The molecule has 3 rings (SSSR count). The Labute approximate surface area is 162 Å². The minimum Gasteiger partial charge on any atom is -0.494 e. The monoisotopic (exact) mass is 381 g/mol. The van der Waals surface area contributed by atoms with E-state index in [4.69, 9.17) is 4.74 Å². The van der Waals surface area contributed by atoms with Crippen LogP contribution >= 0.6 is 0 Å². The van der Waals surface area contributed by atoms with E-state index >= 15 is 0 Å². The first kappa shape index (κ1) is 19.4. The number of aromatic nitrogens is 2. The van der Waals surface area contributed by atoms with Crippen molar-refractivity contribution in [1.29, 1.82) is 0 Å². The lowest BCUT2D eigenvalue weighted by Crippen LogP contribution is -2.33. The minimum absolute atomic E-state index is 0.0870. The second kappa shape index (κ2) is 8.56. The van der Waals surface area contributed by atoms with Crippen molar-refractivity contribution in [2.75, 3.05) is 13.7 Å². The highest BCUT2D eigenvalue weighted by atomic mass is 16.5. The highest BCUT2D eigenvalue weighted by Gasteiger charge is 2.12. The van der Waals surface area contributed by atoms with Crippen LogP contribution in [0.4, 0.5) is 0 Å². The molecule has 1 aromatic heterocycles. The van der Waals surface area contributed by atoms with E-state index in [0.29, 0.717) is 24.1 Å². The fraction of sp³-hybridized carbons (Fsp3) is 0.286. The van der Waals surface area contributed by atoms with Gasteiger partial charge >= 0.3 is 5.69 Å². The quantitative estimate of drug-likeness (QED) is 0.680. The zero-order valence-corrected chi connectivity index (χ0v) is 16.0. The Balaban J connectivity index is 1.68. The number of para-hydroxylation sites is 1. The van der Waals surface area contributed by atoms with E-state index in [1.54, 1.807) is 36.2 Å². The lowest BCUT2D eigenvalue weighted by Gasteiger charge is -2.18. The summed E-state index contributed by atoms with van der Waals surface area (Å²) in [6, 6.07) is 14.5. The summed E-state index contributed by atoms with van der Waals surface area (Å²) in [6.07, 6.45) is 0.156. The molecule has 0 unspecified atom stereocenters. The van der Waals surface area contributed by atoms with Crippen molar-refractivity contribution in [3.63, 3.8) is 0 Å². The number of H-pyrrole nitrogens is 1. The molecular formula is C21H23N3O4. The second-order valence-electron chi connectivity index (χ2n) is 6.50. The number of nitrogens with one attached hydrogen (secondary N) is 1. The van der Waals surface area contributed by atoms with Gasteiger partial charge in [-0.15, -0.1) is 0 Å². The number of aromatic amines is 1. The highest BCUT2D eigenvalue weighted by Crippen LogP contribution is 2.14. The summed E-state index contributed by atoms with van der Waals surface area (Å²) in [5.74, 6) is 0.709. The molecule has 0 bridgehead atoms. The van der Waals surface area contributed by atoms with E-state index in [9.17, 15) is 14.4 Å². The third-order valence-electron chi connectivity index (χ3n) is 4.53. The first-order chi connectivity index (χ1) is 13.5. The van der Waals surface area contributed by atoms with Gasteiger partial charge in [-0.1, -0.05) is 24.3 Å². The number of nitrogens with zero attached hydrogens (tertiary/aromatic N) is 2. The summed E-state index contributed by atoms with van der Waals surface area (Å²) in [4.78, 5) is 40.5. The van der Waals surface area contributed by atoms with Crippen molar-refractivity contribution >= 4 is 16.8 Å². The summed E-state index contributed by atoms with van der Waals surface area (Å²) >= 11 is 0. The van der Waals surface area contributed by atoms with Crippen molar-refractivity contribution in [1.82, 2.24) is 14.5 Å². The third-order valence-corrected chi connectivity index (χ3v) is 4.53. The summed E-state index contributed by atoms with van der Waals surface area (Å²) in [6.45, 7) is 3.20. The molecule has 28 heavy (non-hydrogen) atoms. The molecule has 0 spiro atoms. The van der Waals surface area contributed by atoms with E-state index in [0.717, 1.165) is 11.3 Å². The van der Waals surface area contributed by atoms with Gasteiger partial charge in [0.2, 0.25) is 5.91 Å². The van der Waals surface area contributed by atoms with Crippen LogP contribution in [-0.2, 0) is 17.9 Å². The van der Waals surface area contributed by atoms with E-state index in [1.165, 1.54) is 4.57 Å². The maximum Gasteiger partial charge on any atom is 0.328 e. The molecule has 0 atom stereocenters. The predicted octanol–water partition coefficient (Wildman–Crippen LogP) is 2.14. The lowest BCUT2D eigenvalue weighted by molar-refractivity contribution is -0.130. The summed E-state index contributed by atoms with van der Waals surface area (Å²) in [7, 11) is 1.73. The molecule has 0 aliphatic heterocycles. The molecule has 146 valence electrons. The molecule has 2 aromatic carbocycles. The van der Waals surface area contributed by atoms with Crippen molar-refractivity contribution in [2.45, 2.75) is 26.4 Å². The van der Waals surface area contributed by atoms with Crippen molar-refractivity contribution in [3.05, 3.63) is 74.9 Å². The van der Waals surface area contributed by atoms with Crippen LogP contribution in [-0.4, -0.2) is 34.0 Å².